The van der Waals surface area contributed by atoms with Crippen LogP contribution in [0.15, 0.2) is 77.7 Å². The van der Waals surface area contributed by atoms with Crippen LogP contribution in [0.3, 0.4) is 0 Å². The molecule has 150 valence electrons. The van der Waals surface area contributed by atoms with E-state index in [1.54, 1.807) is 14.2 Å². The second kappa shape index (κ2) is 9.89. The van der Waals surface area contributed by atoms with Gasteiger partial charge in [-0.25, -0.2) is 0 Å². The lowest BCUT2D eigenvalue weighted by atomic mass is 10.2. The first-order valence-corrected chi connectivity index (χ1v) is 10.00. The van der Waals surface area contributed by atoms with Crippen LogP contribution in [0.25, 0.3) is 0 Å². The van der Waals surface area contributed by atoms with E-state index in [0.29, 0.717) is 28.7 Å². The van der Waals surface area contributed by atoms with Crippen LogP contribution in [-0.2, 0) is 4.79 Å². The van der Waals surface area contributed by atoms with Gasteiger partial charge < -0.3 is 19.5 Å². The van der Waals surface area contributed by atoms with Crippen LogP contribution < -0.4 is 19.5 Å². The van der Waals surface area contributed by atoms with Crippen molar-refractivity contribution in [2.45, 2.75) is 17.1 Å². The van der Waals surface area contributed by atoms with Crippen molar-refractivity contribution in [2.24, 2.45) is 0 Å². The monoisotopic (exact) mass is 409 g/mol. The fourth-order valence-corrected chi connectivity index (χ4v) is 3.55. The highest BCUT2D eigenvalue weighted by Gasteiger charge is 2.17. The minimum absolute atomic E-state index is 0.117. The fraction of sp³-hybridized carbons (Fsp3) is 0.174. The number of rotatable bonds is 8. The summed E-state index contributed by atoms with van der Waals surface area (Å²) in [7, 11) is 3.18. The molecule has 0 fully saturated rings. The summed E-state index contributed by atoms with van der Waals surface area (Å²) < 4.78 is 16.5. The maximum Gasteiger partial charge on any atom is 0.237 e. The van der Waals surface area contributed by atoms with Crippen LogP contribution in [-0.4, -0.2) is 25.4 Å². The predicted molar refractivity (Wildman–Crippen MR) is 116 cm³/mol. The van der Waals surface area contributed by atoms with Gasteiger partial charge in [0.2, 0.25) is 5.91 Å². The van der Waals surface area contributed by atoms with E-state index in [1.165, 1.54) is 11.8 Å². The van der Waals surface area contributed by atoms with Crippen LogP contribution in [0, 0.1) is 0 Å². The number of thioether (sulfide) groups is 1. The predicted octanol–water partition coefficient (Wildman–Crippen LogP) is 5.62. The molecule has 1 atom stereocenters. The highest BCUT2D eigenvalue weighted by atomic mass is 32.2. The van der Waals surface area contributed by atoms with Crippen molar-refractivity contribution in [3.8, 4) is 23.0 Å². The number of carbonyl (C=O) groups is 1. The summed E-state index contributed by atoms with van der Waals surface area (Å²) in [5.74, 6) is 2.47. The summed E-state index contributed by atoms with van der Waals surface area (Å²) in [5.41, 5.74) is 0.626. The first-order chi connectivity index (χ1) is 14.1. The van der Waals surface area contributed by atoms with Gasteiger partial charge in [0, 0.05) is 4.90 Å². The third kappa shape index (κ3) is 5.45. The lowest BCUT2D eigenvalue weighted by Crippen LogP contribution is -2.22. The Bertz CT molecular complexity index is 962. The first-order valence-electron chi connectivity index (χ1n) is 9.12. The summed E-state index contributed by atoms with van der Waals surface area (Å²) in [4.78, 5) is 13.7. The summed E-state index contributed by atoms with van der Waals surface area (Å²) in [6.45, 7) is 1.86. The Morgan fingerprint density at radius 2 is 1.55 bits per heavy atom. The number of para-hydroxylation sites is 3. The van der Waals surface area contributed by atoms with Gasteiger partial charge in [-0.2, -0.15) is 0 Å². The largest absolute Gasteiger partial charge is 0.493 e. The number of hydrogen-bond acceptors (Lipinski definition) is 5. The van der Waals surface area contributed by atoms with E-state index in [0.717, 1.165) is 4.90 Å². The number of amides is 1. The number of methoxy groups -OCH3 is 2. The molecule has 0 heterocycles. The van der Waals surface area contributed by atoms with Crippen molar-refractivity contribution in [1.82, 2.24) is 0 Å². The maximum atomic E-state index is 12.8. The molecule has 0 unspecified atom stereocenters. The van der Waals surface area contributed by atoms with Crippen molar-refractivity contribution in [3.05, 3.63) is 72.8 Å². The molecule has 0 bridgehead atoms. The van der Waals surface area contributed by atoms with Crippen LogP contribution >= 0.6 is 11.8 Å². The van der Waals surface area contributed by atoms with E-state index in [1.807, 2.05) is 79.7 Å². The molecule has 5 nitrogen and oxygen atoms in total. The molecule has 1 amide bonds. The second-order valence-corrected chi connectivity index (χ2v) is 7.59. The average molecular weight is 410 g/mol. The van der Waals surface area contributed by atoms with Gasteiger partial charge in [-0.05, 0) is 49.4 Å². The van der Waals surface area contributed by atoms with Gasteiger partial charge in [0.1, 0.15) is 5.75 Å². The Labute approximate surface area is 175 Å². The minimum Gasteiger partial charge on any atom is -0.493 e. The Balaban J connectivity index is 1.69. The summed E-state index contributed by atoms with van der Waals surface area (Å²) >= 11 is 1.44. The molecule has 0 aliphatic heterocycles. The van der Waals surface area contributed by atoms with E-state index in [9.17, 15) is 4.79 Å². The Hall–Kier alpha value is -3.12. The third-order valence-corrected chi connectivity index (χ3v) is 5.25. The van der Waals surface area contributed by atoms with Crippen molar-refractivity contribution >= 4 is 23.4 Å². The van der Waals surface area contributed by atoms with Gasteiger partial charge in [0.05, 0.1) is 25.2 Å². The van der Waals surface area contributed by atoms with Crippen LogP contribution in [0.2, 0.25) is 0 Å². The van der Waals surface area contributed by atoms with Gasteiger partial charge in [0.15, 0.2) is 17.2 Å². The highest BCUT2D eigenvalue weighted by Crippen LogP contribution is 2.34. The zero-order chi connectivity index (χ0) is 20.6. The topological polar surface area (TPSA) is 56.8 Å². The number of ether oxygens (including phenoxy) is 3. The molecular weight excluding hydrogens is 386 g/mol. The van der Waals surface area contributed by atoms with E-state index in [-0.39, 0.29) is 11.2 Å². The molecule has 0 radical (unpaired) electrons. The molecule has 0 aromatic heterocycles. The molecule has 6 heteroatoms. The number of benzene rings is 3. The van der Waals surface area contributed by atoms with E-state index >= 15 is 0 Å². The molecule has 0 saturated heterocycles. The van der Waals surface area contributed by atoms with Crippen LogP contribution in [0.5, 0.6) is 23.0 Å². The SMILES string of the molecule is COc1ccc(S[C@H](C)C(=O)Nc2ccccc2Oc2ccccc2)cc1OC. The van der Waals surface area contributed by atoms with Gasteiger partial charge in [0.25, 0.3) is 0 Å². The molecule has 3 rings (SSSR count). The first kappa shape index (κ1) is 20.6. The zero-order valence-corrected chi connectivity index (χ0v) is 17.4. The highest BCUT2D eigenvalue weighted by molar-refractivity contribution is 8.00. The van der Waals surface area contributed by atoms with Crippen molar-refractivity contribution in [3.63, 3.8) is 0 Å². The van der Waals surface area contributed by atoms with Crippen LogP contribution in [0.4, 0.5) is 5.69 Å². The summed E-state index contributed by atoms with van der Waals surface area (Å²) in [6, 6.07) is 22.4. The van der Waals surface area contributed by atoms with E-state index in [4.69, 9.17) is 14.2 Å². The van der Waals surface area contributed by atoms with Crippen molar-refractivity contribution in [1.29, 1.82) is 0 Å². The quantitative estimate of drug-likeness (QED) is 0.490. The van der Waals surface area contributed by atoms with Crippen molar-refractivity contribution < 1.29 is 19.0 Å². The number of anilines is 1. The normalized spacial score (nSPS) is 11.4. The lowest BCUT2D eigenvalue weighted by Gasteiger charge is -2.16. The number of hydrogen-bond donors (Lipinski definition) is 1. The van der Waals surface area contributed by atoms with Gasteiger partial charge in [-0.15, -0.1) is 11.8 Å². The third-order valence-electron chi connectivity index (χ3n) is 4.15. The molecular formula is C23H23NO4S. The molecule has 1 N–H and O–H groups in total. The number of nitrogens with one attached hydrogen (secondary N) is 1. The molecule has 3 aromatic carbocycles. The summed E-state index contributed by atoms with van der Waals surface area (Å²) in [5, 5.41) is 2.64. The van der Waals surface area contributed by atoms with Gasteiger partial charge in [-0.1, -0.05) is 30.3 Å². The standard InChI is InChI=1S/C23H23NO4S/c1-16(29-18-13-14-21(26-2)22(15-18)27-3)23(25)24-19-11-7-8-12-20(19)28-17-9-5-4-6-10-17/h4-16H,1-3H3,(H,24,25)/t16-/m1/s1. The van der Waals surface area contributed by atoms with Gasteiger partial charge in [-0.3, -0.25) is 4.79 Å². The van der Waals surface area contributed by atoms with Gasteiger partial charge >= 0.3 is 0 Å². The minimum atomic E-state index is -0.321. The number of carbonyl (C=O) groups excluding carboxylic acids is 1. The Morgan fingerprint density at radius 1 is 0.862 bits per heavy atom. The average Bonchev–Trinajstić information content (AvgIpc) is 2.75. The fourth-order valence-electron chi connectivity index (χ4n) is 2.66. The second-order valence-electron chi connectivity index (χ2n) is 6.18. The van der Waals surface area contributed by atoms with E-state index < -0.39 is 0 Å². The van der Waals surface area contributed by atoms with Crippen molar-refractivity contribution in [2.75, 3.05) is 19.5 Å². The molecule has 29 heavy (non-hydrogen) atoms. The zero-order valence-electron chi connectivity index (χ0n) is 16.5. The maximum absolute atomic E-state index is 12.8. The molecule has 0 spiro atoms. The summed E-state index contributed by atoms with van der Waals surface area (Å²) in [6.07, 6.45) is 0. The smallest absolute Gasteiger partial charge is 0.237 e. The lowest BCUT2D eigenvalue weighted by molar-refractivity contribution is -0.115. The Morgan fingerprint density at radius 3 is 2.28 bits per heavy atom. The molecule has 0 aliphatic rings. The van der Waals surface area contributed by atoms with E-state index in [2.05, 4.69) is 5.32 Å². The molecule has 3 aromatic rings. The molecule has 0 saturated carbocycles. The molecule has 0 aliphatic carbocycles. The van der Waals surface area contributed by atoms with Crippen LogP contribution in [0.1, 0.15) is 6.92 Å². The Kier molecular flexibility index (Phi) is 7.03.